The average Bonchev–Trinajstić information content (AvgIpc) is 2.85. The number of rotatable bonds is 6. The Morgan fingerprint density at radius 1 is 1.28 bits per heavy atom. The van der Waals surface area contributed by atoms with Gasteiger partial charge in [-0.05, 0) is 49.4 Å². The second-order valence-corrected chi connectivity index (χ2v) is 7.69. The number of nitrogens with zero attached hydrogens (tertiary/aromatic N) is 1. The molecule has 3 rings (SSSR count). The highest BCUT2D eigenvalue weighted by Gasteiger charge is 2.46. The molecule has 0 fully saturated rings. The van der Waals surface area contributed by atoms with Gasteiger partial charge < -0.3 is 10.8 Å². The van der Waals surface area contributed by atoms with E-state index in [9.17, 15) is 5.11 Å². The second-order valence-electron chi connectivity index (χ2n) is 7.69. The lowest BCUT2D eigenvalue weighted by atomic mass is 9.85. The standard InChI is InChI=1S/C22H32N2O/c1-4-13-24(16(2)14-18(17(24)3)8-6-12-23)20-10-11-21-19(15-20)7-5-9-22(21)25/h5,7,9,14,20H,4,6,8,10-13,15,23H2,1-3H3/p+1. The van der Waals surface area contributed by atoms with Crippen LogP contribution in [0.4, 0.5) is 0 Å². The van der Waals surface area contributed by atoms with Crippen LogP contribution in [0, 0.1) is 0 Å². The number of quaternary nitrogens is 1. The zero-order chi connectivity index (χ0) is 18.0. The van der Waals surface area contributed by atoms with E-state index in [2.05, 4.69) is 32.9 Å². The number of phenols is 1. The fourth-order valence-electron chi connectivity index (χ4n) is 5.12. The van der Waals surface area contributed by atoms with Crippen molar-refractivity contribution in [2.75, 3.05) is 13.1 Å². The first kappa shape index (κ1) is 18.2. The van der Waals surface area contributed by atoms with Gasteiger partial charge in [0.25, 0.3) is 0 Å². The highest BCUT2D eigenvalue weighted by atomic mass is 16.3. The van der Waals surface area contributed by atoms with Crippen LogP contribution >= 0.6 is 0 Å². The van der Waals surface area contributed by atoms with Gasteiger partial charge >= 0.3 is 0 Å². The fraction of sp³-hybridized carbons (Fsp3) is 0.545. The number of allylic oxidation sites excluding steroid dienone is 4. The molecule has 1 aliphatic heterocycles. The minimum atomic E-state index is 0.475. The van der Waals surface area contributed by atoms with Gasteiger partial charge in [-0.1, -0.05) is 19.1 Å². The van der Waals surface area contributed by atoms with Crippen molar-refractivity contribution in [3.63, 3.8) is 0 Å². The Balaban J connectivity index is 1.97. The number of aromatic hydroxyl groups is 1. The summed E-state index contributed by atoms with van der Waals surface area (Å²) in [7, 11) is 0. The summed E-state index contributed by atoms with van der Waals surface area (Å²) in [6.07, 6.45) is 8.93. The Labute approximate surface area is 152 Å². The van der Waals surface area contributed by atoms with E-state index < -0.39 is 0 Å². The second kappa shape index (κ2) is 7.35. The molecule has 1 aromatic rings. The number of fused-ring (bicyclic) bond motifs is 1. The van der Waals surface area contributed by atoms with Gasteiger partial charge in [0.2, 0.25) is 0 Å². The van der Waals surface area contributed by atoms with Gasteiger partial charge in [0.15, 0.2) is 0 Å². The highest BCUT2D eigenvalue weighted by Crippen LogP contribution is 2.44. The topological polar surface area (TPSA) is 46.2 Å². The molecule has 0 amide bonds. The monoisotopic (exact) mass is 341 g/mol. The molecule has 3 heteroatoms. The lowest BCUT2D eigenvalue weighted by molar-refractivity contribution is -0.879. The van der Waals surface area contributed by atoms with Crippen LogP contribution in [0.25, 0.3) is 0 Å². The number of hydrogen-bond acceptors (Lipinski definition) is 2. The molecule has 136 valence electrons. The summed E-state index contributed by atoms with van der Waals surface area (Å²) in [4.78, 5) is 0. The first-order valence-electron chi connectivity index (χ1n) is 9.81. The molecule has 3 N–H and O–H groups in total. The molecule has 0 radical (unpaired) electrons. The lowest BCUT2D eigenvalue weighted by Gasteiger charge is -2.45. The van der Waals surface area contributed by atoms with Crippen molar-refractivity contribution < 1.29 is 9.59 Å². The fourth-order valence-corrected chi connectivity index (χ4v) is 5.12. The van der Waals surface area contributed by atoms with E-state index in [1.165, 1.54) is 41.1 Å². The van der Waals surface area contributed by atoms with Crippen molar-refractivity contribution in [1.29, 1.82) is 0 Å². The zero-order valence-corrected chi connectivity index (χ0v) is 16.0. The van der Waals surface area contributed by atoms with Crippen LogP contribution < -0.4 is 5.73 Å². The molecular formula is C22H33N2O+. The van der Waals surface area contributed by atoms with E-state index in [4.69, 9.17) is 5.73 Å². The molecule has 0 saturated heterocycles. The molecule has 1 heterocycles. The zero-order valence-electron chi connectivity index (χ0n) is 16.0. The predicted octanol–water partition coefficient (Wildman–Crippen LogP) is 4.41. The molecule has 0 saturated carbocycles. The third-order valence-electron chi connectivity index (χ3n) is 6.36. The van der Waals surface area contributed by atoms with Crippen LogP contribution in [0.5, 0.6) is 5.75 Å². The molecule has 2 aliphatic rings. The molecular weight excluding hydrogens is 308 g/mol. The van der Waals surface area contributed by atoms with Crippen LogP contribution in [-0.4, -0.2) is 28.7 Å². The maximum absolute atomic E-state index is 10.2. The van der Waals surface area contributed by atoms with Crippen LogP contribution in [-0.2, 0) is 12.8 Å². The van der Waals surface area contributed by atoms with Gasteiger partial charge in [-0.15, -0.1) is 0 Å². The maximum atomic E-state index is 10.2. The Bertz CT molecular complexity index is 704. The molecule has 1 aromatic carbocycles. The molecule has 0 spiro atoms. The summed E-state index contributed by atoms with van der Waals surface area (Å²) in [5, 5.41) is 10.2. The van der Waals surface area contributed by atoms with Crippen molar-refractivity contribution >= 4 is 0 Å². The Morgan fingerprint density at radius 2 is 2.08 bits per heavy atom. The maximum Gasteiger partial charge on any atom is 0.119 e. The smallest absolute Gasteiger partial charge is 0.119 e. The van der Waals surface area contributed by atoms with Crippen LogP contribution in [0.2, 0.25) is 0 Å². The Kier molecular flexibility index (Phi) is 5.35. The summed E-state index contributed by atoms with van der Waals surface area (Å²) in [5.74, 6) is 0.475. The Hall–Kier alpha value is -1.58. The first-order valence-corrected chi connectivity index (χ1v) is 9.81. The molecule has 2 unspecified atom stereocenters. The summed E-state index contributed by atoms with van der Waals surface area (Å²) >= 11 is 0. The SMILES string of the molecule is CCC[N+]1(C2CCc3c(O)cccc3C2)C(C)=CC(CCCN)=C1C. The van der Waals surface area contributed by atoms with Gasteiger partial charge in [0.05, 0.1) is 6.54 Å². The molecule has 1 aliphatic carbocycles. The number of nitrogens with two attached hydrogens (primary N) is 1. The quantitative estimate of drug-likeness (QED) is 0.753. The van der Waals surface area contributed by atoms with E-state index in [1.807, 2.05) is 12.1 Å². The average molecular weight is 342 g/mol. The van der Waals surface area contributed by atoms with Crippen molar-refractivity contribution in [2.45, 2.75) is 65.3 Å². The van der Waals surface area contributed by atoms with Crippen molar-refractivity contribution in [3.8, 4) is 5.75 Å². The minimum absolute atomic E-state index is 0.475. The van der Waals surface area contributed by atoms with Gasteiger partial charge in [0, 0.05) is 38.3 Å². The third kappa shape index (κ3) is 3.04. The van der Waals surface area contributed by atoms with E-state index in [0.29, 0.717) is 11.8 Å². The van der Waals surface area contributed by atoms with Gasteiger partial charge in [0.1, 0.15) is 23.2 Å². The lowest BCUT2D eigenvalue weighted by Crippen LogP contribution is -2.54. The molecule has 3 nitrogen and oxygen atoms in total. The van der Waals surface area contributed by atoms with Gasteiger partial charge in [-0.2, -0.15) is 0 Å². The Morgan fingerprint density at radius 3 is 2.80 bits per heavy atom. The molecule has 25 heavy (non-hydrogen) atoms. The number of benzene rings is 1. The summed E-state index contributed by atoms with van der Waals surface area (Å²) in [5.41, 5.74) is 12.8. The first-order chi connectivity index (χ1) is 12.0. The van der Waals surface area contributed by atoms with E-state index in [1.54, 1.807) is 0 Å². The predicted molar refractivity (Wildman–Crippen MR) is 104 cm³/mol. The van der Waals surface area contributed by atoms with Crippen LogP contribution in [0.15, 0.2) is 41.2 Å². The van der Waals surface area contributed by atoms with Crippen LogP contribution in [0.3, 0.4) is 0 Å². The molecule has 0 bridgehead atoms. The van der Waals surface area contributed by atoms with Crippen molar-refractivity contribution in [2.24, 2.45) is 5.73 Å². The van der Waals surface area contributed by atoms with E-state index in [0.717, 1.165) is 43.1 Å². The minimum Gasteiger partial charge on any atom is -0.508 e. The number of hydrogen-bond donors (Lipinski definition) is 2. The third-order valence-corrected chi connectivity index (χ3v) is 6.36. The van der Waals surface area contributed by atoms with E-state index in [-0.39, 0.29) is 0 Å². The highest BCUT2D eigenvalue weighted by molar-refractivity contribution is 5.41. The van der Waals surface area contributed by atoms with E-state index >= 15 is 0 Å². The largest absolute Gasteiger partial charge is 0.508 e. The normalized spacial score (nSPS) is 25.9. The molecule has 0 aromatic heterocycles. The summed E-state index contributed by atoms with van der Waals surface area (Å²) in [6, 6.07) is 6.59. The van der Waals surface area contributed by atoms with Crippen LogP contribution in [0.1, 0.15) is 57.6 Å². The summed E-state index contributed by atoms with van der Waals surface area (Å²) in [6.45, 7) is 8.87. The molecule has 2 atom stereocenters. The van der Waals surface area contributed by atoms with Gasteiger partial charge in [-0.3, -0.25) is 4.48 Å². The summed E-state index contributed by atoms with van der Waals surface area (Å²) < 4.78 is 1.03. The van der Waals surface area contributed by atoms with Crippen molar-refractivity contribution in [1.82, 2.24) is 0 Å². The van der Waals surface area contributed by atoms with Gasteiger partial charge in [-0.25, -0.2) is 0 Å². The number of phenolic OH excluding ortho intramolecular Hbond substituents is 1. The van der Waals surface area contributed by atoms with Crippen molar-refractivity contribution in [3.05, 3.63) is 52.4 Å².